The molecule has 4 N–H and O–H groups in total. The summed E-state index contributed by atoms with van der Waals surface area (Å²) in [4.78, 5) is 2.03. The van der Waals surface area contributed by atoms with Crippen molar-refractivity contribution in [3.05, 3.63) is 0 Å². The van der Waals surface area contributed by atoms with Crippen LogP contribution in [0.15, 0.2) is 0 Å². The van der Waals surface area contributed by atoms with Crippen LogP contribution in [0.2, 0.25) is 0 Å². The van der Waals surface area contributed by atoms with Crippen LogP contribution in [0, 0.1) is 5.92 Å². The highest BCUT2D eigenvalue weighted by molar-refractivity contribution is 5.05. The van der Waals surface area contributed by atoms with E-state index in [9.17, 15) is 20.4 Å². The molecule has 0 aromatic carbocycles. The number of fused-ring (bicyclic) bond motifs is 1. The molecular weight excluding hydrogens is 222 g/mol. The molecule has 0 amide bonds. The van der Waals surface area contributed by atoms with Gasteiger partial charge in [0.2, 0.25) is 0 Å². The molecule has 2 heterocycles. The van der Waals surface area contributed by atoms with Crippen LogP contribution in [0.5, 0.6) is 0 Å². The van der Waals surface area contributed by atoms with Gasteiger partial charge < -0.3 is 20.4 Å². The van der Waals surface area contributed by atoms with E-state index in [0.717, 1.165) is 25.8 Å². The van der Waals surface area contributed by atoms with Crippen molar-refractivity contribution in [2.75, 3.05) is 13.2 Å². The minimum absolute atomic E-state index is 0.0267. The number of nitrogens with zero attached hydrogens (tertiary/aromatic N) is 1. The second-order valence-corrected chi connectivity index (χ2v) is 5.52. The summed E-state index contributed by atoms with van der Waals surface area (Å²) in [6.07, 6.45) is 0.696. The predicted molar refractivity (Wildman–Crippen MR) is 62.4 cm³/mol. The van der Waals surface area contributed by atoms with E-state index in [4.69, 9.17) is 0 Å². The molecule has 2 aliphatic heterocycles. The molecule has 5 nitrogen and oxygen atoms in total. The van der Waals surface area contributed by atoms with Gasteiger partial charge in [0.25, 0.3) is 0 Å². The average molecular weight is 245 g/mol. The fourth-order valence-corrected chi connectivity index (χ4v) is 3.25. The summed E-state index contributed by atoms with van der Waals surface area (Å²) < 4.78 is 0. The Morgan fingerprint density at radius 2 is 2.00 bits per heavy atom. The Balaban J connectivity index is 1.93. The van der Waals surface area contributed by atoms with Crippen LogP contribution in [0.25, 0.3) is 0 Å². The van der Waals surface area contributed by atoms with Gasteiger partial charge in [-0.1, -0.05) is 0 Å². The maximum Gasteiger partial charge on any atom is 0.0991 e. The summed E-state index contributed by atoms with van der Waals surface area (Å²) >= 11 is 0. The third-order valence-electron chi connectivity index (χ3n) is 4.21. The summed E-state index contributed by atoms with van der Waals surface area (Å²) in [7, 11) is 0. The van der Waals surface area contributed by atoms with Crippen LogP contribution < -0.4 is 0 Å². The molecule has 0 radical (unpaired) electrons. The van der Waals surface area contributed by atoms with Gasteiger partial charge in [-0.15, -0.1) is 0 Å². The van der Waals surface area contributed by atoms with Crippen molar-refractivity contribution >= 4 is 0 Å². The second kappa shape index (κ2) is 5.20. The monoisotopic (exact) mass is 245 g/mol. The molecule has 0 aromatic rings. The largest absolute Gasteiger partial charge is 0.395 e. The van der Waals surface area contributed by atoms with Crippen LogP contribution in [0.1, 0.15) is 26.2 Å². The highest BCUT2D eigenvalue weighted by Gasteiger charge is 2.51. The lowest BCUT2D eigenvalue weighted by molar-refractivity contribution is 0.0128. The lowest BCUT2D eigenvalue weighted by Gasteiger charge is -2.23. The zero-order valence-corrected chi connectivity index (χ0v) is 10.2. The molecular formula is C12H23NO4. The van der Waals surface area contributed by atoms with Crippen molar-refractivity contribution in [3.8, 4) is 0 Å². The first-order valence-electron chi connectivity index (χ1n) is 6.45. The highest BCUT2D eigenvalue weighted by atomic mass is 16.3. The Kier molecular flexibility index (Phi) is 4.05. The molecule has 17 heavy (non-hydrogen) atoms. The summed E-state index contributed by atoms with van der Waals surface area (Å²) in [5.74, 6) is 0.450. The van der Waals surface area contributed by atoms with E-state index in [-0.39, 0.29) is 24.8 Å². The number of hydrogen-bond donors (Lipinski definition) is 4. The first kappa shape index (κ1) is 13.2. The van der Waals surface area contributed by atoms with Crippen molar-refractivity contribution in [2.45, 2.75) is 56.6 Å². The van der Waals surface area contributed by atoms with E-state index in [1.54, 1.807) is 6.92 Å². The Bertz CT molecular complexity index is 261. The van der Waals surface area contributed by atoms with E-state index >= 15 is 0 Å². The molecule has 2 saturated heterocycles. The molecule has 6 atom stereocenters. The summed E-state index contributed by atoms with van der Waals surface area (Å²) in [6.45, 7) is 2.47. The molecule has 2 rings (SSSR count). The molecule has 0 saturated carbocycles. The minimum Gasteiger partial charge on any atom is -0.395 e. The van der Waals surface area contributed by atoms with Gasteiger partial charge in [0.1, 0.15) is 0 Å². The first-order valence-corrected chi connectivity index (χ1v) is 6.45. The SMILES string of the molecule is C[C@H](O)CC[C@@H]1C[C@@H]2[C@H](O)[C@H](O)[C@@H](CO)N2C1. The Morgan fingerprint density at radius 1 is 1.29 bits per heavy atom. The maximum atomic E-state index is 9.91. The van der Waals surface area contributed by atoms with Gasteiger partial charge in [-0.05, 0) is 32.1 Å². The van der Waals surface area contributed by atoms with Crippen molar-refractivity contribution in [1.29, 1.82) is 0 Å². The number of rotatable bonds is 4. The number of aliphatic hydroxyl groups is 4. The topological polar surface area (TPSA) is 84.2 Å². The molecule has 0 spiro atoms. The Hall–Kier alpha value is -0.200. The zero-order chi connectivity index (χ0) is 12.6. The van der Waals surface area contributed by atoms with E-state index in [0.29, 0.717) is 5.92 Å². The van der Waals surface area contributed by atoms with Crippen molar-refractivity contribution in [1.82, 2.24) is 4.90 Å². The lowest BCUT2D eigenvalue weighted by atomic mass is 9.94. The molecule has 0 unspecified atom stereocenters. The van der Waals surface area contributed by atoms with Crippen LogP contribution in [0.3, 0.4) is 0 Å². The summed E-state index contributed by atoms with van der Waals surface area (Å²) in [5, 5.41) is 38.2. The molecule has 0 aliphatic carbocycles. The van der Waals surface area contributed by atoms with Gasteiger partial charge in [-0.25, -0.2) is 0 Å². The van der Waals surface area contributed by atoms with E-state index < -0.39 is 12.2 Å². The molecule has 0 aromatic heterocycles. The fraction of sp³-hybridized carbons (Fsp3) is 1.00. The molecule has 0 bridgehead atoms. The molecule has 100 valence electrons. The van der Waals surface area contributed by atoms with Crippen LogP contribution in [-0.2, 0) is 0 Å². The smallest absolute Gasteiger partial charge is 0.0991 e. The molecule has 2 aliphatic rings. The van der Waals surface area contributed by atoms with Gasteiger partial charge in [-0.2, -0.15) is 0 Å². The van der Waals surface area contributed by atoms with Crippen LogP contribution in [0.4, 0.5) is 0 Å². The van der Waals surface area contributed by atoms with Crippen molar-refractivity contribution in [3.63, 3.8) is 0 Å². The zero-order valence-electron chi connectivity index (χ0n) is 10.2. The van der Waals surface area contributed by atoms with Gasteiger partial charge in [0, 0.05) is 12.6 Å². The standard InChI is InChI=1S/C12H23NO4/c1-7(15)2-3-8-4-9-11(16)12(17)10(6-14)13(9)5-8/h7-12,14-17H,2-6H2,1H3/t7-,8+,9+,10+,11-,12+/m0/s1. The van der Waals surface area contributed by atoms with Crippen molar-refractivity contribution < 1.29 is 20.4 Å². The highest BCUT2D eigenvalue weighted by Crippen LogP contribution is 2.37. The quantitative estimate of drug-likeness (QED) is 0.507. The fourth-order valence-electron chi connectivity index (χ4n) is 3.25. The predicted octanol–water partition coefficient (Wildman–Crippen LogP) is -1.07. The Labute approximate surface area is 102 Å². The van der Waals surface area contributed by atoms with Crippen molar-refractivity contribution in [2.24, 2.45) is 5.92 Å². The van der Waals surface area contributed by atoms with Gasteiger partial charge in [0.15, 0.2) is 0 Å². The average Bonchev–Trinajstić information content (AvgIpc) is 2.78. The number of hydrogen-bond acceptors (Lipinski definition) is 5. The third-order valence-corrected chi connectivity index (χ3v) is 4.21. The van der Waals surface area contributed by atoms with E-state index in [1.807, 2.05) is 4.90 Å². The van der Waals surface area contributed by atoms with Crippen LogP contribution in [-0.4, -0.2) is 68.9 Å². The normalized spacial score (nSPS) is 43.9. The van der Waals surface area contributed by atoms with E-state index in [1.165, 1.54) is 0 Å². The van der Waals surface area contributed by atoms with Gasteiger partial charge in [-0.3, -0.25) is 4.90 Å². The summed E-state index contributed by atoms with van der Waals surface area (Å²) in [6, 6.07) is -0.354. The van der Waals surface area contributed by atoms with E-state index in [2.05, 4.69) is 0 Å². The Morgan fingerprint density at radius 3 is 2.59 bits per heavy atom. The maximum absolute atomic E-state index is 9.91. The van der Waals surface area contributed by atoms with Gasteiger partial charge in [0.05, 0.1) is 31.0 Å². The third kappa shape index (κ3) is 2.48. The molecule has 5 heteroatoms. The van der Waals surface area contributed by atoms with Gasteiger partial charge >= 0.3 is 0 Å². The molecule has 2 fully saturated rings. The van der Waals surface area contributed by atoms with Crippen LogP contribution >= 0.6 is 0 Å². The minimum atomic E-state index is -0.831. The second-order valence-electron chi connectivity index (χ2n) is 5.52. The summed E-state index contributed by atoms with van der Waals surface area (Å²) in [5.41, 5.74) is 0. The first-order chi connectivity index (χ1) is 8.04. The lowest BCUT2D eigenvalue weighted by Crippen LogP contribution is -2.39. The number of aliphatic hydroxyl groups excluding tert-OH is 4.